The number of hydrogen-bond acceptors (Lipinski definition) is 5. The van der Waals surface area contributed by atoms with E-state index in [1.165, 1.54) is 13.2 Å². The van der Waals surface area contributed by atoms with Crippen molar-refractivity contribution in [1.29, 1.82) is 0 Å². The van der Waals surface area contributed by atoms with Crippen molar-refractivity contribution in [1.82, 2.24) is 10.2 Å². The Kier molecular flexibility index (Phi) is 6.51. The molecular weight excluding hydrogens is 382 g/mol. The maximum absolute atomic E-state index is 12.9. The van der Waals surface area contributed by atoms with Gasteiger partial charge in [0.2, 0.25) is 0 Å². The summed E-state index contributed by atoms with van der Waals surface area (Å²) in [5.41, 5.74) is 2.25. The maximum Gasteiger partial charge on any atom is 0.331 e. The molecule has 0 aliphatic carbocycles. The Morgan fingerprint density at radius 1 is 1.03 bits per heavy atom. The van der Waals surface area contributed by atoms with Crippen LogP contribution in [0, 0.1) is 0 Å². The van der Waals surface area contributed by atoms with Crippen LogP contribution in [0.25, 0.3) is 6.08 Å². The standard InChI is InChI=1S/C23H25N3O4/c1-4-25(5-2)18-12-11-17(20(14-18)30-3)13-19-21(27)24-23(29)26(22(19)28)15-16-9-7-6-8-10-16/h6-14H,4-5,15H2,1-3H3,(H,24,27,29)/b19-13-. The van der Waals surface area contributed by atoms with Crippen LogP contribution in [0.4, 0.5) is 10.5 Å². The van der Waals surface area contributed by atoms with E-state index in [0.29, 0.717) is 11.3 Å². The number of nitrogens with zero attached hydrogens (tertiary/aromatic N) is 2. The van der Waals surface area contributed by atoms with Gasteiger partial charge in [-0.25, -0.2) is 4.79 Å². The van der Waals surface area contributed by atoms with E-state index in [4.69, 9.17) is 4.74 Å². The van der Waals surface area contributed by atoms with Gasteiger partial charge in [-0.1, -0.05) is 30.3 Å². The van der Waals surface area contributed by atoms with Gasteiger partial charge in [-0.05, 0) is 37.6 Å². The van der Waals surface area contributed by atoms with E-state index < -0.39 is 17.8 Å². The molecule has 156 valence electrons. The summed E-state index contributed by atoms with van der Waals surface area (Å²) in [7, 11) is 1.54. The zero-order valence-corrected chi connectivity index (χ0v) is 17.3. The first-order valence-corrected chi connectivity index (χ1v) is 9.84. The number of benzene rings is 2. The maximum atomic E-state index is 12.9. The minimum Gasteiger partial charge on any atom is -0.496 e. The Hall–Kier alpha value is -3.61. The molecule has 0 bridgehead atoms. The molecule has 1 N–H and O–H groups in total. The van der Waals surface area contributed by atoms with Crippen molar-refractivity contribution >= 4 is 29.6 Å². The topological polar surface area (TPSA) is 79.0 Å². The van der Waals surface area contributed by atoms with E-state index in [1.807, 2.05) is 42.5 Å². The van der Waals surface area contributed by atoms with Crippen molar-refractivity contribution in [3.8, 4) is 5.75 Å². The first-order valence-electron chi connectivity index (χ1n) is 9.84. The van der Waals surface area contributed by atoms with E-state index in [-0.39, 0.29) is 12.1 Å². The molecule has 1 fully saturated rings. The van der Waals surface area contributed by atoms with E-state index in [2.05, 4.69) is 24.1 Å². The van der Waals surface area contributed by atoms with Crippen LogP contribution in [0.3, 0.4) is 0 Å². The molecule has 30 heavy (non-hydrogen) atoms. The molecule has 0 aromatic heterocycles. The first kappa shape index (κ1) is 21.1. The molecule has 1 aliphatic heterocycles. The van der Waals surface area contributed by atoms with Gasteiger partial charge in [-0.2, -0.15) is 0 Å². The van der Waals surface area contributed by atoms with Crippen LogP contribution in [0.5, 0.6) is 5.75 Å². The number of rotatable bonds is 7. The number of imide groups is 2. The van der Waals surface area contributed by atoms with Crippen LogP contribution in [-0.2, 0) is 16.1 Å². The Balaban J connectivity index is 1.94. The summed E-state index contributed by atoms with van der Waals surface area (Å²) in [5, 5.41) is 2.25. The molecule has 0 atom stereocenters. The molecule has 7 nitrogen and oxygen atoms in total. The van der Waals surface area contributed by atoms with Gasteiger partial charge in [0.1, 0.15) is 11.3 Å². The smallest absolute Gasteiger partial charge is 0.331 e. The first-order chi connectivity index (χ1) is 14.5. The second-order valence-corrected chi connectivity index (χ2v) is 6.79. The average Bonchev–Trinajstić information content (AvgIpc) is 2.76. The van der Waals surface area contributed by atoms with Crippen LogP contribution in [0.15, 0.2) is 54.1 Å². The van der Waals surface area contributed by atoms with E-state index >= 15 is 0 Å². The second kappa shape index (κ2) is 9.26. The summed E-state index contributed by atoms with van der Waals surface area (Å²) in [6.45, 7) is 5.90. The fraction of sp³-hybridized carbons (Fsp3) is 0.261. The summed E-state index contributed by atoms with van der Waals surface area (Å²) in [4.78, 5) is 40.8. The van der Waals surface area contributed by atoms with Gasteiger partial charge in [0.25, 0.3) is 11.8 Å². The van der Waals surface area contributed by atoms with E-state index in [9.17, 15) is 14.4 Å². The van der Waals surface area contributed by atoms with Gasteiger partial charge in [0, 0.05) is 30.4 Å². The zero-order valence-electron chi connectivity index (χ0n) is 17.3. The quantitative estimate of drug-likeness (QED) is 0.563. The third kappa shape index (κ3) is 4.35. The normalized spacial score (nSPS) is 15.4. The second-order valence-electron chi connectivity index (χ2n) is 6.79. The van der Waals surface area contributed by atoms with E-state index in [1.54, 1.807) is 6.07 Å². The SMILES string of the molecule is CCN(CC)c1ccc(/C=C2/C(=O)NC(=O)N(Cc3ccccc3)C2=O)c(OC)c1. The third-order valence-electron chi connectivity index (χ3n) is 5.01. The summed E-state index contributed by atoms with van der Waals surface area (Å²) in [6.07, 6.45) is 1.47. The lowest BCUT2D eigenvalue weighted by Crippen LogP contribution is -2.53. The fourth-order valence-electron chi connectivity index (χ4n) is 3.36. The van der Waals surface area contributed by atoms with Crippen molar-refractivity contribution in [2.45, 2.75) is 20.4 Å². The van der Waals surface area contributed by atoms with Crippen LogP contribution in [-0.4, -0.2) is 42.9 Å². The summed E-state index contributed by atoms with van der Waals surface area (Å²) >= 11 is 0. The molecule has 4 amide bonds. The number of anilines is 1. The third-order valence-corrected chi connectivity index (χ3v) is 5.01. The molecule has 0 spiro atoms. The highest BCUT2D eigenvalue weighted by Crippen LogP contribution is 2.28. The monoisotopic (exact) mass is 407 g/mol. The number of hydrogen-bond donors (Lipinski definition) is 1. The Morgan fingerprint density at radius 3 is 2.37 bits per heavy atom. The van der Waals surface area contributed by atoms with Gasteiger partial charge in [0.05, 0.1) is 13.7 Å². The highest BCUT2D eigenvalue weighted by Gasteiger charge is 2.35. The number of ether oxygens (including phenoxy) is 1. The molecule has 0 unspecified atom stereocenters. The Labute approximate surface area is 175 Å². The van der Waals surface area contributed by atoms with Crippen LogP contribution in [0.2, 0.25) is 0 Å². The zero-order chi connectivity index (χ0) is 21.7. The van der Waals surface area contributed by atoms with Gasteiger partial charge >= 0.3 is 6.03 Å². The number of methoxy groups -OCH3 is 1. The lowest BCUT2D eigenvalue weighted by Gasteiger charge is -2.26. The number of carbonyl (C=O) groups excluding carboxylic acids is 3. The lowest BCUT2D eigenvalue weighted by atomic mass is 10.0. The van der Waals surface area contributed by atoms with Crippen molar-refractivity contribution < 1.29 is 19.1 Å². The predicted octanol–water partition coefficient (Wildman–Crippen LogP) is 3.20. The van der Waals surface area contributed by atoms with Gasteiger partial charge in [0.15, 0.2) is 0 Å². The van der Waals surface area contributed by atoms with Crippen molar-refractivity contribution in [3.05, 3.63) is 65.2 Å². The Bertz CT molecular complexity index is 981. The van der Waals surface area contributed by atoms with Gasteiger partial charge in [-0.15, -0.1) is 0 Å². The molecule has 1 saturated heterocycles. The summed E-state index contributed by atoms with van der Waals surface area (Å²) in [6, 6.07) is 14.0. The molecular formula is C23H25N3O4. The van der Waals surface area contributed by atoms with Gasteiger partial charge in [-0.3, -0.25) is 19.8 Å². The molecule has 0 saturated carbocycles. The minimum absolute atomic E-state index is 0.0775. The number of amides is 4. The largest absolute Gasteiger partial charge is 0.496 e. The molecule has 1 heterocycles. The molecule has 3 rings (SSSR count). The molecule has 2 aromatic rings. The highest BCUT2D eigenvalue weighted by molar-refractivity contribution is 6.31. The fourth-order valence-corrected chi connectivity index (χ4v) is 3.36. The van der Waals surface area contributed by atoms with Crippen molar-refractivity contribution in [2.75, 3.05) is 25.1 Å². The number of barbiturate groups is 1. The van der Waals surface area contributed by atoms with Crippen molar-refractivity contribution in [3.63, 3.8) is 0 Å². The molecule has 2 aromatic carbocycles. The molecule has 1 aliphatic rings. The van der Waals surface area contributed by atoms with Crippen LogP contribution < -0.4 is 15.0 Å². The predicted molar refractivity (Wildman–Crippen MR) is 115 cm³/mol. The number of nitrogens with one attached hydrogen (secondary N) is 1. The summed E-state index contributed by atoms with van der Waals surface area (Å²) in [5.74, 6) is -0.814. The Morgan fingerprint density at radius 2 is 1.73 bits per heavy atom. The van der Waals surface area contributed by atoms with Gasteiger partial charge < -0.3 is 9.64 Å². The summed E-state index contributed by atoms with van der Waals surface area (Å²) < 4.78 is 5.49. The van der Waals surface area contributed by atoms with Crippen LogP contribution >= 0.6 is 0 Å². The highest BCUT2D eigenvalue weighted by atomic mass is 16.5. The molecule has 0 radical (unpaired) electrons. The number of carbonyl (C=O) groups is 3. The number of urea groups is 1. The average molecular weight is 407 g/mol. The lowest BCUT2D eigenvalue weighted by molar-refractivity contribution is -0.130. The molecule has 7 heteroatoms. The van der Waals surface area contributed by atoms with E-state index in [0.717, 1.165) is 29.2 Å². The van der Waals surface area contributed by atoms with Crippen LogP contribution in [0.1, 0.15) is 25.0 Å². The van der Waals surface area contributed by atoms with Crippen molar-refractivity contribution in [2.24, 2.45) is 0 Å². The minimum atomic E-state index is -0.727.